The molecular formula is C23H34O5. The number of ketones is 1. The summed E-state index contributed by atoms with van der Waals surface area (Å²) in [6, 6.07) is 0. The molecule has 0 unspecified atom stereocenters. The Morgan fingerprint density at radius 2 is 1.96 bits per heavy atom. The van der Waals surface area contributed by atoms with E-state index in [0.717, 1.165) is 19.3 Å². The maximum Gasteiger partial charge on any atom is 0.302 e. The molecule has 4 aliphatic rings. The second kappa shape index (κ2) is 5.91. The van der Waals surface area contributed by atoms with Gasteiger partial charge >= 0.3 is 5.97 Å². The Kier molecular flexibility index (Phi) is 4.24. The highest BCUT2D eigenvalue weighted by molar-refractivity contribution is 6.05. The van der Waals surface area contributed by atoms with E-state index < -0.39 is 17.1 Å². The van der Waals surface area contributed by atoms with Crippen LogP contribution in [0.2, 0.25) is 0 Å². The Labute approximate surface area is 167 Å². The number of fused-ring (bicyclic) bond motifs is 3. The van der Waals surface area contributed by atoms with Crippen LogP contribution in [0.25, 0.3) is 0 Å². The van der Waals surface area contributed by atoms with Crippen LogP contribution in [0.5, 0.6) is 0 Å². The van der Waals surface area contributed by atoms with Gasteiger partial charge in [-0.25, -0.2) is 0 Å². The molecule has 0 aromatic rings. The van der Waals surface area contributed by atoms with Gasteiger partial charge < -0.3 is 14.9 Å². The quantitative estimate of drug-likeness (QED) is 0.559. The van der Waals surface area contributed by atoms with Gasteiger partial charge in [-0.3, -0.25) is 9.59 Å². The van der Waals surface area contributed by atoms with Gasteiger partial charge in [-0.1, -0.05) is 27.4 Å². The van der Waals surface area contributed by atoms with Gasteiger partial charge in [0.1, 0.15) is 6.10 Å². The van der Waals surface area contributed by atoms with Gasteiger partial charge in [-0.05, 0) is 54.8 Å². The predicted octanol–water partition coefficient (Wildman–Crippen LogP) is 3.03. The van der Waals surface area contributed by atoms with Gasteiger partial charge in [-0.15, -0.1) is 0 Å². The summed E-state index contributed by atoms with van der Waals surface area (Å²) < 4.78 is 5.79. The second-order valence-electron chi connectivity index (χ2n) is 10.7. The first kappa shape index (κ1) is 20.1. The molecule has 4 saturated carbocycles. The minimum atomic E-state index is -1.26. The van der Waals surface area contributed by atoms with Gasteiger partial charge in [0.25, 0.3) is 0 Å². The highest BCUT2D eigenvalue weighted by atomic mass is 16.5. The topological polar surface area (TPSA) is 83.8 Å². The average molecular weight is 391 g/mol. The third kappa shape index (κ3) is 2.26. The number of esters is 1. The first-order valence-electron chi connectivity index (χ1n) is 10.7. The Balaban J connectivity index is 1.86. The van der Waals surface area contributed by atoms with E-state index in [9.17, 15) is 19.8 Å². The van der Waals surface area contributed by atoms with Gasteiger partial charge in [-0.2, -0.15) is 0 Å². The van der Waals surface area contributed by atoms with Crippen molar-refractivity contribution in [2.75, 3.05) is 6.61 Å². The van der Waals surface area contributed by atoms with E-state index in [1.54, 1.807) is 0 Å². The number of aliphatic hydroxyl groups excluding tert-OH is 1. The molecule has 1 spiro atoms. The Hall–Kier alpha value is -1.20. The van der Waals surface area contributed by atoms with Crippen LogP contribution in [0.4, 0.5) is 0 Å². The molecule has 2 bridgehead atoms. The molecule has 4 fully saturated rings. The van der Waals surface area contributed by atoms with Crippen LogP contribution in [-0.4, -0.2) is 40.3 Å². The summed E-state index contributed by atoms with van der Waals surface area (Å²) in [6.45, 7) is 12.1. The fraction of sp³-hybridized carbons (Fsp3) is 0.826. The van der Waals surface area contributed by atoms with E-state index in [1.807, 2.05) is 0 Å². The lowest BCUT2D eigenvalue weighted by Crippen LogP contribution is -2.65. The van der Waals surface area contributed by atoms with Crippen molar-refractivity contribution in [2.24, 2.45) is 34.0 Å². The number of carbonyl (C=O) groups excluding carboxylic acids is 2. The minimum Gasteiger partial charge on any atom is -0.462 e. The largest absolute Gasteiger partial charge is 0.462 e. The summed E-state index contributed by atoms with van der Waals surface area (Å²) >= 11 is 0. The van der Waals surface area contributed by atoms with Crippen LogP contribution in [-0.2, 0) is 14.3 Å². The molecule has 4 aliphatic carbocycles. The van der Waals surface area contributed by atoms with Crippen molar-refractivity contribution in [1.82, 2.24) is 0 Å². The minimum absolute atomic E-state index is 0.0290. The summed E-state index contributed by atoms with van der Waals surface area (Å²) in [5, 5.41) is 21.5. The smallest absolute Gasteiger partial charge is 0.302 e. The van der Waals surface area contributed by atoms with Crippen molar-refractivity contribution in [2.45, 2.75) is 77.9 Å². The zero-order valence-corrected chi connectivity index (χ0v) is 17.6. The van der Waals surface area contributed by atoms with E-state index in [0.29, 0.717) is 24.3 Å². The number of ether oxygens (including phenoxy) is 1. The maximum absolute atomic E-state index is 13.4. The summed E-state index contributed by atoms with van der Waals surface area (Å²) in [7, 11) is 0. The molecule has 2 N–H and O–H groups in total. The molecule has 0 saturated heterocycles. The summed E-state index contributed by atoms with van der Waals surface area (Å²) in [5.74, 6) is 0.0940. The fourth-order valence-electron chi connectivity index (χ4n) is 8.04. The van der Waals surface area contributed by atoms with Crippen LogP contribution in [0.3, 0.4) is 0 Å². The van der Waals surface area contributed by atoms with E-state index >= 15 is 0 Å². The maximum atomic E-state index is 13.4. The van der Waals surface area contributed by atoms with Crippen LogP contribution in [0.15, 0.2) is 12.2 Å². The van der Waals surface area contributed by atoms with E-state index in [1.165, 1.54) is 6.92 Å². The van der Waals surface area contributed by atoms with Gasteiger partial charge in [0, 0.05) is 36.9 Å². The van der Waals surface area contributed by atoms with Crippen molar-refractivity contribution in [3.05, 3.63) is 12.2 Å². The molecule has 4 rings (SSSR count). The van der Waals surface area contributed by atoms with Gasteiger partial charge in [0.15, 0.2) is 5.78 Å². The molecule has 0 amide bonds. The predicted molar refractivity (Wildman–Crippen MR) is 104 cm³/mol. The average Bonchev–Trinajstić information content (AvgIpc) is 2.75. The summed E-state index contributed by atoms with van der Waals surface area (Å²) in [6.07, 6.45) is 3.57. The molecule has 28 heavy (non-hydrogen) atoms. The highest BCUT2D eigenvalue weighted by Gasteiger charge is 2.73. The van der Waals surface area contributed by atoms with Crippen molar-refractivity contribution in [3.63, 3.8) is 0 Å². The summed E-state index contributed by atoms with van der Waals surface area (Å²) in [4.78, 5) is 25.4. The molecule has 0 aromatic carbocycles. The van der Waals surface area contributed by atoms with E-state index in [4.69, 9.17) is 4.74 Å². The number of hydrogen-bond acceptors (Lipinski definition) is 5. The van der Waals surface area contributed by atoms with E-state index in [2.05, 4.69) is 27.4 Å². The van der Waals surface area contributed by atoms with Crippen molar-refractivity contribution in [1.29, 1.82) is 0 Å². The molecule has 5 heteroatoms. The van der Waals surface area contributed by atoms with Crippen molar-refractivity contribution >= 4 is 11.8 Å². The molecule has 0 radical (unpaired) electrons. The molecule has 0 aliphatic heterocycles. The SMILES string of the molecule is C=C1C(=O)[C@@]23CC[C@@H]4[C@](C)(CO)[C@H](C)CC[C@@]4(C)[C@@H]2[C@@H](OC(C)=O)C[C@]1(O)C3. The first-order valence-corrected chi connectivity index (χ1v) is 10.7. The van der Waals surface area contributed by atoms with E-state index in [-0.39, 0.29) is 47.4 Å². The normalized spacial score (nSPS) is 52.8. The van der Waals surface area contributed by atoms with Crippen LogP contribution in [0, 0.1) is 34.0 Å². The first-order chi connectivity index (χ1) is 12.9. The molecule has 156 valence electrons. The fourth-order valence-corrected chi connectivity index (χ4v) is 8.04. The lowest BCUT2D eigenvalue weighted by atomic mass is 9.39. The van der Waals surface area contributed by atoms with Crippen LogP contribution in [0.1, 0.15) is 66.2 Å². The lowest BCUT2D eigenvalue weighted by Gasteiger charge is -2.66. The van der Waals surface area contributed by atoms with Crippen LogP contribution >= 0.6 is 0 Å². The Morgan fingerprint density at radius 3 is 2.57 bits per heavy atom. The molecule has 0 aromatic heterocycles. The number of hydrogen-bond donors (Lipinski definition) is 2. The molecular weight excluding hydrogens is 356 g/mol. The lowest BCUT2D eigenvalue weighted by molar-refractivity contribution is -0.225. The second-order valence-corrected chi connectivity index (χ2v) is 10.7. The highest BCUT2D eigenvalue weighted by Crippen LogP contribution is 2.72. The number of aliphatic hydroxyl groups is 2. The number of rotatable bonds is 2. The third-order valence-electron chi connectivity index (χ3n) is 9.48. The Morgan fingerprint density at radius 1 is 1.29 bits per heavy atom. The van der Waals surface area contributed by atoms with Crippen LogP contribution < -0.4 is 0 Å². The van der Waals surface area contributed by atoms with Crippen molar-refractivity contribution < 1.29 is 24.5 Å². The molecule has 8 atom stereocenters. The third-order valence-corrected chi connectivity index (χ3v) is 9.48. The van der Waals surface area contributed by atoms with Crippen molar-refractivity contribution in [3.8, 4) is 0 Å². The molecule has 5 nitrogen and oxygen atoms in total. The van der Waals surface area contributed by atoms with Gasteiger partial charge in [0.2, 0.25) is 0 Å². The Bertz CT molecular complexity index is 745. The molecule has 0 heterocycles. The standard InChI is InChI=1S/C23H34O5/c1-13-6-8-20(4)17(21(13,5)12-24)7-9-22-11-23(27,14(2)19(22)26)10-16(18(20)22)28-15(3)25/h13,16-18,24,27H,2,6-12H2,1,3-5H3/t13-,16+,17+,18+,20-,21-,22-,23+/m1/s1. The van der Waals surface area contributed by atoms with Gasteiger partial charge in [0.05, 0.1) is 5.60 Å². The number of Topliss-reactive ketones (excluding diaryl/α,β-unsaturated/α-hetero) is 1. The monoisotopic (exact) mass is 390 g/mol. The zero-order valence-electron chi connectivity index (χ0n) is 17.6. The zero-order chi connectivity index (χ0) is 20.7. The number of carbonyl (C=O) groups is 2. The summed E-state index contributed by atoms with van der Waals surface area (Å²) in [5.41, 5.74) is -2.12.